The van der Waals surface area contributed by atoms with Crippen LogP contribution in [0.3, 0.4) is 0 Å². The fourth-order valence-electron chi connectivity index (χ4n) is 2.58. The van der Waals surface area contributed by atoms with Gasteiger partial charge < -0.3 is 10.6 Å². The lowest BCUT2D eigenvalue weighted by Gasteiger charge is -2.31. The summed E-state index contributed by atoms with van der Waals surface area (Å²) in [5.74, 6) is 0.0749. The van der Waals surface area contributed by atoms with Crippen LogP contribution in [0.15, 0.2) is 30.3 Å². The molecule has 0 atom stereocenters. The molecular weight excluding hydrogens is 266 g/mol. The van der Waals surface area contributed by atoms with Gasteiger partial charge in [-0.05, 0) is 18.4 Å². The average molecular weight is 289 g/mol. The zero-order valence-electron chi connectivity index (χ0n) is 12.5. The number of hydrogen-bond donors (Lipinski definition) is 2. The lowest BCUT2D eigenvalue weighted by Crippen LogP contribution is -2.46. The molecule has 1 saturated heterocycles. The van der Waals surface area contributed by atoms with Gasteiger partial charge in [0.15, 0.2) is 0 Å². The van der Waals surface area contributed by atoms with E-state index in [2.05, 4.69) is 15.5 Å². The highest BCUT2D eigenvalue weighted by Gasteiger charge is 2.20. The van der Waals surface area contributed by atoms with Crippen LogP contribution >= 0.6 is 0 Å². The number of hydrogen-bond acceptors (Lipinski definition) is 3. The van der Waals surface area contributed by atoms with Crippen molar-refractivity contribution >= 4 is 11.8 Å². The standard InChI is InChI=1S/C16H23N3O2/c1-13(20)18-15-7-9-19(10-8-15)12-16(21)17-11-14-5-3-2-4-6-14/h2-6,15H,7-12H2,1H3,(H,17,21)(H,18,20). The molecule has 5 nitrogen and oxygen atoms in total. The molecule has 2 N–H and O–H groups in total. The third-order valence-electron chi connectivity index (χ3n) is 3.69. The smallest absolute Gasteiger partial charge is 0.234 e. The highest BCUT2D eigenvalue weighted by molar-refractivity contribution is 5.78. The summed E-state index contributed by atoms with van der Waals surface area (Å²) < 4.78 is 0. The van der Waals surface area contributed by atoms with E-state index in [1.165, 1.54) is 0 Å². The zero-order valence-corrected chi connectivity index (χ0v) is 12.5. The first-order chi connectivity index (χ1) is 10.1. The second-order valence-electron chi connectivity index (χ2n) is 5.51. The Kier molecular flexibility index (Phi) is 5.75. The topological polar surface area (TPSA) is 61.4 Å². The van der Waals surface area contributed by atoms with Crippen LogP contribution in [0.25, 0.3) is 0 Å². The van der Waals surface area contributed by atoms with Crippen molar-refractivity contribution in [2.45, 2.75) is 32.4 Å². The molecule has 114 valence electrons. The lowest BCUT2D eigenvalue weighted by atomic mass is 10.1. The molecule has 21 heavy (non-hydrogen) atoms. The van der Waals surface area contributed by atoms with E-state index in [1.54, 1.807) is 6.92 Å². The molecule has 2 rings (SSSR count). The van der Waals surface area contributed by atoms with E-state index in [-0.39, 0.29) is 17.9 Å². The van der Waals surface area contributed by atoms with Gasteiger partial charge in [0.05, 0.1) is 6.54 Å². The Labute approximate surface area is 125 Å². The fraction of sp³-hybridized carbons (Fsp3) is 0.500. The average Bonchev–Trinajstić information content (AvgIpc) is 2.48. The minimum atomic E-state index is 0.0223. The number of amides is 2. The maximum Gasteiger partial charge on any atom is 0.234 e. The van der Waals surface area contributed by atoms with E-state index < -0.39 is 0 Å². The van der Waals surface area contributed by atoms with Gasteiger partial charge in [0.1, 0.15) is 0 Å². The summed E-state index contributed by atoms with van der Waals surface area (Å²) in [4.78, 5) is 25.1. The zero-order chi connectivity index (χ0) is 15.1. The van der Waals surface area contributed by atoms with Gasteiger partial charge in [-0.3, -0.25) is 14.5 Å². The molecule has 0 saturated carbocycles. The summed E-state index contributed by atoms with van der Waals surface area (Å²) in [5.41, 5.74) is 1.11. The van der Waals surface area contributed by atoms with Crippen molar-refractivity contribution in [1.82, 2.24) is 15.5 Å². The SMILES string of the molecule is CC(=O)NC1CCN(CC(=O)NCc2ccccc2)CC1. The summed E-state index contributed by atoms with van der Waals surface area (Å²) in [6, 6.07) is 10.2. The first-order valence-corrected chi connectivity index (χ1v) is 7.43. The van der Waals surface area contributed by atoms with Crippen molar-refractivity contribution in [2.24, 2.45) is 0 Å². The van der Waals surface area contributed by atoms with Gasteiger partial charge in [0, 0.05) is 32.6 Å². The van der Waals surface area contributed by atoms with Gasteiger partial charge in [-0.1, -0.05) is 30.3 Å². The molecule has 0 bridgehead atoms. The Morgan fingerprint density at radius 1 is 1.19 bits per heavy atom. The van der Waals surface area contributed by atoms with E-state index in [0.717, 1.165) is 31.5 Å². The largest absolute Gasteiger partial charge is 0.354 e. The number of nitrogens with zero attached hydrogens (tertiary/aromatic N) is 1. The summed E-state index contributed by atoms with van der Waals surface area (Å²) in [6.45, 7) is 4.25. The Morgan fingerprint density at radius 2 is 1.86 bits per heavy atom. The highest BCUT2D eigenvalue weighted by atomic mass is 16.2. The Bertz CT molecular complexity index is 468. The summed E-state index contributed by atoms with van der Waals surface area (Å²) >= 11 is 0. The molecule has 1 aliphatic rings. The second-order valence-corrected chi connectivity index (χ2v) is 5.51. The van der Waals surface area contributed by atoms with E-state index >= 15 is 0 Å². The Hall–Kier alpha value is -1.88. The predicted octanol–water partition coefficient (Wildman–Crippen LogP) is 0.903. The molecule has 2 amide bonds. The van der Waals surface area contributed by atoms with Crippen molar-refractivity contribution in [3.05, 3.63) is 35.9 Å². The number of rotatable bonds is 5. The van der Waals surface area contributed by atoms with Gasteiger partial charge in [0.25, 0.3) is 0 Å². The number of likely N-dealkylation sites (tertiary alicyclic amines) is 1. The van der Waals surface area contributed by atoms with Crippen molar-refractivity contribution in [3.8, 4) is 0 Å². The van der Waals surface area contributed by atoms with E-state index in [0.29, 0.717) is 13.1 Å². The van der Waals surface area contributed by atoms with Crippen LogP contribution in [0.2, 0.25) is 0 Å². The molecule has 1 fully saturated rings. The minimum Gasteiger partial charge on any atom is -0.354 e. The molecule has 1 aromatic rings. The molecule has 1 aromatic carbocycles. The maximum atomic E-state index is 11.9. The third kappa shape index (κ3) is 5.55. The number of benzene rings is 1. The van der Waals surface area contributed by atoms with Crippen molar-refractivity contribution < 1.29 is 9.59 Å². The van der Waals surface area contributed by atoms with Crippen molar-refractivity contribution in [3.63, 3.8) is 0 Å². The molecule has 1 aliphatic heterocycles. The van der Waals surface area contributed by atoms with Gasteiger partial charge in [-0.2, -0.15) is 0 Å². The first-order valence-electron chi connectivity index (χ1n) is 7.43. The van der Waals surface area contributed by atoms with Crippen LogP contribution in [0.4, 0.5) is 0 Å². The molecule has 0 spiro atoms. The predicted molar refractivity (Wildman–Crippen MR) is 81.6 cm³/mol. The molecule has 5 heteroatoms. The third-order valence-corrected chi connectivity index (χ3v) is 3.69. The quantitative estimate of drug-likeness (QED) is 0.847. The fourth-order valence-corrected chi connectivity index (χ4v) is 2.58. The van der Waals surface area contributed by atoms with Crippen molar-refractivity contribution in [2.75, 3.05) is 19.6 Å². The Balaban J connectivity index is 1.66. The minimum absolute atomic E-state index is 0.0223. The van der Waals surface area contributed by atoms with E-state index in [9.17, 15) is 9.59 Å². The molecule has 1 heterocycles. The monoisotopic (exact) mass is 289 g/mol. The number of piperidine rings is 1. The van der Waals surface area contributed by atoms with Gasteiger partial charge in [0.2, 0.25) is 11.8 Å². The molecular formula is C16H23N3O2. The number of nitrogens with one attached hydrogen (secondary N) is 2. The summed E-state index contributed by atoms with van der Waals surface area (Å²) in [6.07, 6.45) is 1.82. The van der Waals surface area contributed by atoms with Gasteiger partial charge in [-0.15, -0.1) is 0 Å². The van der Waals surface area contributed by atoms with Crippen LogP contribution in [-0.4, -0.2) is 42.4 Å². The summed E-state index contributed by atoms with van der Waals surface area (Å²) in [5, 5.41) is 5.88. The van der Waals surface area contributed by atoms with Crippen LogP contribution in [0, 0.1) is 0 Å². The number of carbonyl (C=O) groups excluding carboxylic acids is 2. The number of carbonyl (C=O) groups is 2. The lowest BCUT2D eigenvalue weighted by molar-refractivity contribution is -0.123. The molecule has 0 radical (unpaired) electrons. The van der Waals surface area contributed by atoms with E-state index in [4.69, 9.17) is 0 Å². The summed E-state index contributed by atoms with van der Waals surface area (Å²) in [7, 11) is 0. The molecule has 0 aliphatic carbocycles. The second kappa shape index (κ2) is 7.78. The maximum absolute atomic E-state index is 11.9. The van der Waals surface area contributed by atoms with Crippen LogP contribution in [0.5, 0.6) is 0 Å². The van der Waals surface area contributed by atoms with Crippen LogP contribution in [0.1, 0.15) is 25.3 Å². The van der Waals surface area contributed by atoms with Gasteiger partial charge >= 0.3 is 0 Å². The first kappa shape index (κ1) is 15.5. The van der Waals surface area contributed by atoms with E-state index in [1.807, 2.05) is 30.3 Å². The normalized spacial score (nSPS) is 16.4. The van der Waals surface area contributed by atoms with Crippen LogP contribution < -0.4 is 10.6 Å². The van der Waals surface area contributed by atoms with Gasteiger partial charge in [-0.25, -0.2) is 0 Å². The Morgan fingerprint density at radius 3 is 2.48 bits per heavy atom. The van der Waals surface area contributed by atoms with Crippen molar-refractivity contribution in [1.29, 1.82) is 0 Å². The van der Waals surface area contributed by atoms with Crippen LogP contribution in [-0.2, 0) is 16.1 Å². The molecule has 0 unspecified atom stereocenters. The highest BCUT2D eigenvalue weighted by Crippen LogP contribution is 2.09. The molecule has 0 aromatic heterocycles.